The molecular formula is C19H16FN5S. The molecule has 0 atom stereocenters. The number of rotatable bonds is 5. The molecule has 130 valence electrons. The zero-order valence-corrected chi connectivity index (χ0v) is 14.9. The molecule has 1 N–H and O–H groups in total. The van der Waals surface area contributed by atoms with Crippen molar-refractivity contribution in [3.63, 3.8) is 0 Å². The molecular weight excluding hydrogens is 349 g/mol. The molecule has 1 aromatic carbocycles. The average molecular weight is 365 g/mol. The van der Waals surface area contributed by atoms with Crippen LogP contribution in [0.3, 0.4) is 0 Å². The SMILES string of the molecule is Cn1ccnc1-c1cnc(NCc2ccc(F)cc2)nc1-c1cccs1. The van der Waals surface area contributed by atoms with Crippen molar-refractivity contribution in [3.05, 3.63) is 71.7 Å². The monoisotopic (exact) mass is 365 g/mol. The third-order valence-electron chi connectivity index (χ3n) is 3.97. The van der Waals surface area contributed by atoms with E-state index in [0.29, 0.717) is 12.5 Å². The molecule has 0 aliphatic carbocycles. The van der Waals surface area contributed by atoms with Gasteiger partial charge in [-0.15, -0.1) is 11.3 Å². The molecule has 0 saturated heterocycles. The minimum absolute atomic E-state index is 0.246. The van der Waals surface area contributed by atoms with Crippen LogP contribution >= 0.6 is 11.3 Å². The summed E-state index contributed by atoms with van der Waals surface area (Å²) in [6, 6.07) is 10.4. The van der Waals surface area contributed by atoms with Gasteiger partial charge in [-0.1, -0.05) is 18.2 Å². The molecule has 0 amide bonds. The number of hydrogen-bond donors (Lipinski definition) is 1. The lowest BCUT2D eigenvalue weighted by Gasteiger charge is -2.10. The fraction of sp³-hybridized carbons (Fsp3) is 0.105. The van der Waals surface area contributed by atoms with Gasteiger partial charge in [0.2, 0.25) is 5.95 Å². The average Bonchev–Trinajstić information content (AvgIpc) is 3.33. The summed E-state index contributed by atoms with van der Waals surface area (Å²) >= 11 is 1.62. The molecule has 4 rings (SSSR count). The van der Waals surface area contributed by atoms with E-state index >= 15 is 0 Å². The number of aromatic nitrogens is 4. The molecule has 0 aliphatic heterocycles. The predicted molar refractivity (Wildman–Crippen MR) is 101 cm³/mol. The molecule has 5 nitrogen and oxygen atoms in total. The van der Waals surface area contributed by atoms with Gasteiger partial charge in [0.1, 0.15) is 11.6 Å². The topological polar surface area (TPSA) is 55.6 Å². The van der Waals surface area contributed by atoms with E-state index in [4.69, 9.17) is 4.98 Å². The maximum Gasteiger partial charge on any atom is 0.223 e. The molecule has 0 radical (unpaired) electrons. The van der Waals surface area contributed by atoms with E-state index in [0.717, 1.165) is 27.5 Å². The van der Waals surface area contributed by atoms with Crippen LogP contribution in [0.2, 0.25) is 0 Å². The van der Waals surface area contributed by atoms with Gasteiger partial charge >= 0.3 is 0 Å². The minimum atomic E-state index is -0.246. The Hall–Kier alpha value is -3.06. The van der Waals surface area contributed by atoms with Crippen molar-refractivity contribution >= 4 is 17.3 Å². The molecule has 4 aromatic rings. The van der Waals surface area contributed by atoms with Crippen molar-refractivity contribution in [2.24, 2.45) is 7.05 Å². The van der Waals surface area contributed by atoms with Gasteiger partial charge in [0.25, 0.3) is 0 Å². The van der Waals surface area contributed by atoms with Gasteiger partial charge in [-0.3, -0.25) is 0 Å². The van der Waals surface area contributed by atoms with Crippen molar-refractivity contribution in [1.29, 1.82) is 0 Å². The van der Waals surface area contributed by atoms with E-state index in [1.54, 1.807) is 35.9 Å². The van der Waals surface area contributed by atoms with Crippen LogP contribution in [0.1, 0.15) is 5.56 Å². The molecule has 3 heterocycles. The highest BCUT2D eigenvalue weighted by atomic mass is 32.1. The molecule has 0 spiro atoms. The van der Waals surface area contributed by atoms with E-state index in [1.165, 1.54) is 12.1 Å². The summed E-state index contributed by atoms with van der Waals surface area (Å²) in [6.07, 6.45) is 5.44. The summed E-state index contributed by atoms with van der Waals surface area (Å²) in [7, 11) is 1.95. The fourth-order valence-corrected chi connectivity index (χ4v) is 3.37. The van der Waals surface area contributed by atoms with Crippen LogP contribution in [0.5, 0.6) is 0 Å². The fourth-order valence-electron chi connectivity index (χ4n) is 2.64. The number of imidazole rings is 1. The second kappa shape index (κ2) is 7.05. The highest BCUT2D eigenvalue weighted by molar-refractivity contribution is 7.13. The number of nitrogens with one attached hydrogen (secondary N) is 1. The molecule has 0 bridgehead atoms. The Morgan fingerprint density at radius 3 is 2.69 bits per heavy atom. The molecule has 3 aromatic heterocycles. The normalized spacial score (nSPS) is 10.8. The first-order valence-electron chi connectivity index (χ1n) is 8.07. The quantitative estimate of drug-likeness (QED) is 0.571. The van der Waals surface area contributed by atoms with E-state index in [9.17, 15) is 4.39 Å². The number of aryl methyl sites for hydroxylation is 1. The Morgan fingerprint density at radius 1 is 1.15 bits per heavy atom. The van der Waals surface area contributed by atoms with Gasteiger partial charge in [0.15, 0.2) is 0 Å². The largest absolute Gasteiger partial charge is 0.350 e. The summed E-state index contributed by atoms with van der Waals surface area (Å²) in [5.74, 6) is 1.10. The van der Waals surface area contributed by atoms with Crippen molar-refractivity contribution in [2.75, 3.05) is 5.32 Å². The Morgan fingerprint density at radius 2 is 2.00 bits per heavy atom. The maximum atomic E-state index is 13.0. The standard InChI is InChI=1S/C19H16FN5S/c1-25-9-8-21-18(25)15-12-23-19(24-17(15)16-3-2-10-26-16)22-11-13-4-6-14(20)7-5-13/h2-10,12H,11H2,1H3,(H,22,23,24). The summed E-state index contributed by atoms with van der Waals surface area (Å²) in [5.41, 5.74) is 2.68. The zero-order chi connectivity index (χ0) is 17.9. The van der Waals surface area contributed by atoms with E-state index in [2.05, 4.69) is 15.3 Å². The molecule has 7 heteroatoms. The van der Waals surface area contributed by atoms with E-state index in [-0.39, 0.29) is 5.82 Å². The molecule has 0 saturated carbocycles. The van der Waals surface area contributed by atoms with Gasteiger partial charge in [-0.2, -0.15) is 0 Å². The summed E-state index contributed by atoms with van der Waals surface area (Å²) in [6.45, 7) is 0.520. The Kier molecular flexibility index (Phi) is 4.45. The first-order valence-corrected chi connectivity index (χ1v) is 8.95. The summed E-state index contributed by atoms with van der Waals surface area (Å²) in [4.78, 5) is 14.6. The lowest BCUT2D eigenvalue weighted by Crippen LogP contribution is -2.05. The smallest absolute Gasteiger partial charge is 0.223 e. The predicted octanol–water partition coefficient (Wildman–Crippen LogP) is 4.36. The Labute approximate surface area is 154 Å². The van der Waals surface area contributed by atoms with E-state index in [1.807, 2.05) is 35.3 Å². The Balaban J connectivity index is 1.66. The number of anilines is 1. The lowest BCUT2D eigenvalue weighted by molar-refractivity contribution is 0.627. The number of halogens is 1. The van der Waals surface area contributed by atoms with Crippen LogP contribution in [0.15, 0.2) is 60.4 Å². The van der Waals surface area contributed by atoms with Crippen molar-refractivity contribution in [3.8, 4) is 22.0 Å². The lowest BCUT2D eigenvalue weighted by atomic mass is 10.2. The summed E-state index contributed by atoms with van der Waals surface area (Å²) in [5, 5.41) is 5.22. The molecule has 0 fully saturated rings. The molecule has 0 aliphatic rings. The van der Waals surface area contributed by atoms with Gasteiger partial charge in [0.05, 0.1) is 16.1 Å². The van der Waals surface area contributed by atoms with Crippen LogP contribution in [-0.2, 0) is 13.6 Å². The number of hydrogen-bond acceptors (Lipinski definition) is 5. The van der Waals surface area contributed by atoms with Gasteiger partial charge < -0.3 is 9.88 Å². The number of thiophene rings is 1. The van der Waals surface area contributed by atoms with Crippen LogP contribution in [0, 0.1) is 5.82 Å². The van der Waals surface area contributed by atoms with Gasteiger partial charge in [-0.25, -0.2) is 19.3 Å². The van der Waals surface area contributed by atoms with Crippen LogP contribution in [0.4, 0.5) is 10.3 Å². The zero-order valence-electron chi connectivity index (χ0n) is 14.1. The second-order valence-corrected chi connectivity index (χ2v) is 6.72. The maximum absolute atomic E-state index is 13.0. The number of benzene rings is 1. The van der Waals surface area contributed by atoms with Crippen LogP contribution < -0.4 is 5.32 Å². The van der Waals surface area contributed by atoms with E-state index < -0.39 is 0 Å². The van der Waals surface area contributed by atoms with Crippen LogP contribution in [0.25, 0.3) is 22.0 Å². The van der Waals surface area contributed by atoms with Crippen molar-refractivity contribution in [1.82, 2.24) is 19.5 Å². The first kappa shape index (κ1) is 16.4. The summed E-state index contributed by atoms with van der Waals surface area (Å²) < 4.78 is 15.0. The van der Waals surface area contributed by atoms with Gasteiger partial charge in [-0.05, 0) is 29.1 Å². The highest BCUT2D eigenvalue weighted by Crippen LogP contribution is 2.32. The Bertz CT molecular complexity index is 1010. The second-order valence-electron chi connectivity index (χ2n) is 5.77. The third kappa shape index (κ3) is 3.34. The molecule has 26 heavy (non-hydrogen) atoms. The van der Waals surface area contributed by atoms with Gasteiger partial charge in [0, 0.05) is 32.2 Å². The minimum Gasteiger partial charge on any atom is -0.350 e. The third-order valence-corrected chi connectivity index (χ3v) is 4.85. The number of nitrogens with zero attached hydrogens (tertiary/aromatic N) is 4. The first-order chi connectivity index (χ1) is 12.7. The van der Waals surface area contributed by atoms with Crippen LogP contribution in [-0.4, -0.2) is 19.5 Å². The highest BCUT2D eigenvalue weighted by Gasteiger charge is 2.15. The molecule has 0 unspecified atom stereocenters. The van der Waals surface area contributed by atoms with Crippen molar-refractivity contribution in [2.45, 2.75) is 6.54 Å². The van der Waals surface area contributed by atoms with Crippen molar-refractivity contribution < 1.29 is 4.39 Å².